The van der Waals surface area contributed by atoms with Crippen molar-refractivity contribution in [2.75, 3.05) is 0 Å². The normalized spacial score (nSPS) is 11.3. The second kappa shape index (κ2) is 6.79. The summed E-state index contributed by atoms with van der Waals surface area (Å²) in [5.41, 5.74) is 2.68. The summed E-state index contributed by atoms with van der Waals surface area (Å²) < 4.78 is 2.99. The highest BCUT2D eigenvalue weighted by Crippen LogP contribution is 2.35. The van der Waals surface area contributed by atoms with Crippen molar-refractivity contribution in [1.29, 1.82) is 0 Å². The third-order valence-electron chi connectivity index (χ3n) is 4.87. The summed E-state index contributed by atoms with van der Waals surface area (Å²) in [7, 11) is 0. The molecule has 6 nitrogen and oxygen atoms in total. The quantitative estimate of drug-likeness (QED) is 0.465. The summed E-state index contributed by atoms with van der Waals surface area (Å²) in [6, 6.07) is 16.7. The van der Waals surface area contributed by atoms with Crippen molar-refractivity contribution in [3.63, 3.8) is 0 Å². The Kier molecular flexibility index (Phi) is 4.10. The molecule has 7 heteroatoms. The SMILES string of the molecule is Cc1sc2ncn(Cc3cc(=O)n4ccccc4n3)c(=O)c2c1-c1ccccc1. The van der Waals surface area contributed by atoms with Crippen LogP contribution in [0.15, 0.2) is 76.7 Å². The number of nitrogens with zero attached hydrogens (tertiary/aromatic N) is 4. The monoisotopic (exact) mass is 400 g/mol. The Labute approximate surface area is 169 Å². The van der Waals surface area contributed by atoms with Crippen molar-refractivity contribution < 1.29 is 0 Å². The van der Waals surface area contributed by atoms with Gasteiger partial charge in [-0.1, -0.05) is 36.4 Å². The molecule has 0 aliphatic heterocycles. The van der Waals surface area contributed by atoms with Gasteiger partial charge in [-0.25, -0.2) is 9.97 Å². The number of rotatable bonds is 3. The van der Waals surface area contributed by atoms with Crippen LogP contribution in [0.5, 0.6) is 0 Å². The van der Waals surface area contributed by atoms with Gasteiger partial charge in [-0.05, 0) is 24.6 Å². The van der Waals surface area contributed by atoms with Gasteiger partial charge in [0.25, 0.3) is 11.1 Å². The summed E-state index contributed by atoms with van der Waals surface area (Å²) in [5.74, 6) is 0. The van der Waals surface area contributed by atoms with E-state index in [0.29, 0.717) is 21.6 Å². The topological polar surface area (TPSA) is 69.3 Å². The number of fused-ring (bicyclic) bond motifs is 2. The van der Waals surface area contributed by atoms with Gasteiger partial charge >= 0.3 is 0 Å². The predicted molar refractivity (Wildman–Crippen MR) is 115 cm³/mol. The molecule has 142 valence electrons. The molecular formula is C22H16N4O2S. The molecule has 29 heavy (non-hydrogen) atoms. The Hall–Kier alpha value is -3.58. The molecular weight excluding hydrogens is 384 g/mol. The largest absolute Gasteiger partial charge is 0.293 e. The van der Waals surface area contributed by atoms with Crippen molar-refractivity contribution in [3.05, 3.63) is 98.4 Å². The molecule has 0 radical (unpaired) electrons. The molecule has 0 N–H and O–H groups in total. The van der Waals surface area contributed by atoms with Crippen LogP contribution in [0.1, 0.15) is 10.6 Å². The Balaban J connectivity index is 1.66. The minimum atomic E-state index is -0.177. The van der Waals surface area contributed by atoms with Crippen LogP contribution in [0.25, 0.3) is 27.0 Å². The predicted octanol–water partition coefficient (Wildman–Crippen LogP) is 3.49. The fourth-order valence-corrected chi connectivity index (χ4v) is 4.56. The number of pyridine rings is 1. The first-order valence-electron chi connectivity index (χ1n) is 9.13. The molecule has 5 rings (SSSR count). The van der Waals surface area contributed by atoms with Gasteiger partial charge in [0.05, 0.1) is 24.0 Å². The van der Waals surface area contributed by atoms with Gasteiger partial charge in [0, 0.05) is 22.7 Å². The second-order valence-corrected chi connectivity index (χ2v) is 7.97. The minimum Gasteiger partial charge on any atom is -0.293 e. The molecule has 0 saturated carbocycles. The van der Waals surface area contributed by atoms with Crippen molar-refractivity contribution in [1.82, 2.24) is 18.9 Å². The summed E-state index contributed by atoms with van der Waals surface area (Å²) in [6.07, 6.45) is 3.21. The highest BCUT2D eigenvalue weighted by atomic mass is 32.1. The van der Waals surface area contributed by atoms with E-state index in [0.717, 1.165) is 16.0 Å². The molecule has 0 spiro atoms. The van der Waals surface area contributed by atoms with Crippen LogP contribution < -0.4 is 11.1 Å². The molecule has 0 atom stereocenters. The number of hydrogen-bond acceptors (Lipinski definition) is 5. The van der Waals surface area contributed by atoms with Gasteiger partial charge in [0.15, 0.2) is 0 Å². The minimum absolute atomic E-state index is 0.131. The first kappa shape index (κ1) is 17.5. The third-order valence-corrected chi connectivity index (χ3v) is 5.89. The molecule has 0 amide bonds. The van der Waals surface area contributed by atoms with Crippen LogP contribution in [0, 0.1) is 6.92 Å². The fourth-order valence-electron chi connectivity index (χ4n) is 3.56. The maximum atomic E-state index is 13.3. The lowest BCUT2D eigenvalue weighted by molar-refractivity contribution is 0.727. The lowest BCUT2D eigenvalue weighted by Crippen LogP contribution is -2.23. The molecule has 0 bridgehead atoms. The number of thiophene rings is 1. The average molecular weight is 400 g/mol. The fraction of sp³-hybridized carbons (Fsp3) is 0.0909. The van der Waals surface area contributed by atoms with E-state index in [1.54, 1.807) is 18.3 Å². The van der Waals surface area contributed by atoms with Crippen LogP contribution in [-0.2, 0) is 6.54 Å². The van der Waals surface area contributed by atoms with E-state index in [-0.39, 0.29) is 17.7 Å². The summed E-state index contributed by atoms with van der Waals surface area (Å²) in [4.78, 5) is 36.4. The number of hydrogen-bond donors (Lipinski definition) is 0. The number of aryl methyl sites for hydroxylation is 1. The van der Waals surface area contributed by atoms with Gasteiger partial charge < -0.3 is 0 Å². The lowest BCUT2D eigenvalue weighted by atomic mass is 10.0. The number of aromatic nitrogens is 4. The molecule has 4 aromatic heterocycles. The zero-order chi connectivity index (χ0) is 20.0. The second-order valence-electron chi connectivity index (χ2n) is 6.77. The highest BCUT2D eigenvalue weighted by molar-refractivity contribution is 7.19. The first-order valence-corrected chi connectivity index (χ1v) is 9.95. The molecule has 0 unspecified atom stereocenters. The zero-order valence-electron chi connectivity index (χ0n) is 15.6. The van der Waals surface area contributed by atoms with E-state index in [9.17, 15) is 9.59 Å². The zero-order valence-corrected chi connectivity index (χ0v) is 16.4. The van der Waals surface area contributed by atoms with Gasteiger partial charge in [0.1, 0.15) is 10.5 Å². The van der Waals surface area contributed by atoms with Crippen LogP contribution in [0.4, 0.5) is 0 Å². The van der Waals surface area contributed by atoms with Crippen molar-refractivity contribution in [3.8, 4) is 11.1 Å². The van der Waals surface area contributed by atoms with Crippen molar-refractivity contribution in [2.45, 2.75) is 13.5 Å². The van der Waals surface area contributed by atoms with Gasteiger partial charge in [-0.2, -0.15) is 0 Å². The van der Waals surface area contributed by atoms with Crippen LogP contribution >= 0.6 is 11.3 Å². The van der Waals surface area contributed by atoms with E-state index >= 15 is 0 Å². The van der Waals surface area contributed by atoms with E-state index in [1.807, 2.05) is 43.3 Å². The standard InChI is InChI=1S/C22H16N4O2S/c1-14-19(15-7-3-2-4-8-15)20-21(29-14)23-13-25(22(20)28)12-16-11-18(27)26-10-6-5-9-17(26)24-16/h2-11,13H,12H2,1H3. The molecule has 0 aliphatic carbocycles. The van der Waals surface area contributed by atoms with Crippen molar-refractivity contribution in [2.24, 2.45) is 0 Å². The molecule has 0 aliphatic rings. The van der Waals surface area contributed by atoms with E-state index in [2.05, 4.69) is 9.97 Å². The highest BCUT2D eigenvalue weighted by Gasteiger charge is 2.17. The van der Waals surface area contributed by atoms with Crippen LogP contribution in [-0.4, -0.2) is 18.9 Å². The summed E-state index contributed by atoms with van der Waals surface area (Å²) in [5, 5.41) is 0.610. The van der Waals surface area contributed by atoms with Gasteiger partial charge in [-0.15, -0.1) is 11.3 Å². The molecule has 0 fully saturated rings. The summed E-state index contributed by atoms with van der Waals surface area (Å²) in [6.45, 7) is 2.19. The molecule has 5 aromatic rings. The van der Waals surface area contributed by atoms with Crippen LogP contribution in [0.3, 0.4) is 0 Å². The smallest absolute Gasteiger partial charge is 0.263 e. The molecule has 0 saturated heterocycles. The van der Waals surface area contributed by atoms with E-state index < -0.39 is 0 Å². The van der Waals surface area contributed by atoms with Gasteiger partial charge in [0.2, 0.25) is 0 Å². The van der Waals surface area contributed by atoms with Crippen molar-refractivity contribution >= 4 is 27.2 Å². The Morgan fingerprint density at radius 1 is 1.03 bits per heavy atom. The van der Waals surface area contributed by atoms with E-state index in [4.69, 9.17) is 0 Å². The molecule has 4 heterocycles. The maximum absolute atomic E-state index is 13.3. The van der Waals surface area contributed by atoms with Gasteiger partial charge in [-0.3, -0.25) is 18.6 Å². The first-order chi connectivity index (χ1) is 14.1. The third kappa shape index (κ3) is 2.96. The number of benzene rings is 1. The average Bonchev–Trinajstić information content (AvgIpc) is 3.07. The maximum Gasteiger partial charge on any atom is 0.263 e. The Morgan fingerprint density at radius 3 is 2.66 bits per heavy atom. The molecule has 1 aromatic carbocycles. The van der Waals surface area contributed by atoms with E-state index in [1.165, 1.54) is 32.7 Å². The lowest BCUT2D eigenvalue weighted by Gasteiger charge is -2.07. The van der Waals surface area contributed by atoms with Crippen LogP contribution in [0.2, 0.25) is 0 Å². The summed E-state index contributed by atoms with van der Waals surface area (Å²) >= 11 is 1.51. The Bertz CT molecular complexity index is 1480. The Morgan fingerprint density at radius 2 is 1.83 bits per heavy atom.